The number of ether oxygens (including phenoxy) is 1. The van der Waals surface area contributed by atoms with E-state index in [9.17, 15) is 19.5 Å². The van der Waals surface area contributed by atoms with Gasteiger partial charge in [0.05, 0.1) is 0 Å². The molecular weight excluding hydrogens is 514 g/mol. The third-order valence-corrected chi connectivity index (χ3v) is 5.79. The Kier molecular flexibility index (Phi) is 19.6. The van der Waals surface area contributed by atoms with Crippen molar-refractivity contribution in [1.29, 1.82) is 0 Å². The van der Waals surface area contributed by atoms with Crippen LogP contribution in [0.15, 0.2) is 97.2 Å². The second-order valence-corrected chi connectivity index (χ2v) is 9.93. The maximum atomic E-state index is 12.7. The monoisotopic (exact) mass is 561 g/mol. The fraction of sp³-hybridized carbons (Fsp3) is 0.400. The number of carbonyl (C=O) groups is 3. The molecule has 0 bridgehead atoms. The highest BCUT2D eigenvalue weighted by Crippen LogP contribution is 2.19. The molecule has 1 aromatic carbocycles. The zero-order chi connectivity index (χ0) is 30.1. The number of allylic oxidation sites excluding steroid dienone is 12. The van der Waals surface area contributed by atoms with Crippen molar-refractivity contribution in [3.63, 3.8) is 0 Å². The average molecular weight is 562 g/mol. The Hall–Kier alpha value is -3.93. The molecule has 0 aliphatic carbocycles. The number of hydrogen-bond acceptors (Lipinski definition) is 4. The molecule has 0 saturated heterocycles. The van der Waals surface area contributed by atoms with Crippen LogP contribution in [0, 0.1) is 5.92 Å². The van der Waals surface area contributed by atoms with Gasteiger partial charge in [-0.1, -0.05) is 106 Å². The summed E-state index contributed by atoms with van der Waals surface area (Å²) < 4.78 is 5.35. The predicted octanol–water partition coefficient (Wildman–Crippen LogP) is 8.30. The molecule has 6 nitrogen and oxygen atoms in total. The molecule has 2 N–H and O–H groups in total. The van der Waals surface area contributed by atoms with Gasteiger partial charge in [-0.2, -0.15) is 0 Å². The fourth-order valence-corrected chi connectivity index (χ4v) is 3.72. The SMILES string of the molecule is CCC=CCC=CCC=CCC=CCC=CCC=CCCC(=O)NC(CC(C)C)C(=O)Oc1ccccc1C(=O)O. The Bertz CT molecular complexity index is 1090. The van der Waals surface area contributed by atoms with E-state index in [1.165, 1.54) is 12.1 Å². The Morgan fingerprint density at radius 1 is 0.780 bits per heavy atom. The van der Waals surface area contributed by atoms with Crippen molar-refractivity contribution in [2.24, 2.45) is 5.92 Å². The summed E-state index contributed by atoms with van der Waals surface area (Å²) in [6.45, 7) is 6.02. The molecule has 0 heterocycles. The normalized spacial score (nSPS) is 13.1. The van der Waals surface area contributed by atoms with Crippen molar-refractivity contribution in [2.45, 2.75) is 84.6 Å². The number of rotatable bonds is 20. The largest absolute Gasteiger partial charge is 0.478 e. The molecule has 0 spiro atoms. The highest BCUT2D eigenvalue weighted by Gasteiger charge is 2.25. The van der Waals surface area contributed by atoms with E-state index in [0.717, 1.165) is 38.5 Å². The standard InChI is InChI=1S/C35H47NO5/c1-4-5-6-7-8-9-10-11-12-13-14-15-16-17-18-19-20-21-22-27-33(37)36-31(28-29(2)3)35(40)41-32-26-24-23-25-30(32)34(38)39/h5-6,8-9,11-12,14-15,17-18,20-21,23-26,29,31H,4,7,10,13,16,19,22,27-28H2,1-3H3,(H,36,37)(H,38,39). The number of esters is 1. The van der Waals surface area contributed by atoms with Crippen LogP contribution in [0.3, 0.4) is 0 Å². The molecule has 6 heteroatoms. The maximum absolute atomic E-state index is 12.7. The van der Waals surface area contributed by atoms with Crippen molar-refractivity contribution in [3.8, 4) is 5.75 Å². The van der Waals surface area contributed by atoms with E-state index in [-0.39, 0.29) is 29.6 Å². The summed E-state index contributed by atoms with van der Waals surface area (Å²) >= 11 is 0. The van der Waals surface area contributed by atoms with E-state index in [1.807, 2.05) is 26.0 Å². The van der Waals surface area contributed by atoms with Gasteiger partial charge >= 0.3 is 11.9 Å². The number of carboxylic acids is 1. The fourth-order valence-electron chi connectivity index (χ4n) is 3.72. The molecule has 0 aliphatic rings. The Balaban J connectivity index is 2.31. The molecule has 0 radical (unpaired) electrons. The lowest BCUT2D eigenvalue weighted by Gasteiger charge is -2.19. The van der Waals surface area contributed by atoms with Crippen LogP contribution in [0.4, 0.5) is 0 Å². The van der Waals surface area contributed by atoms with Gasteiger partial charge in [-0.05, 0) is 69.4 Å². The third-order valence-electron chi connectivity index (χ3n) is 5.79. The highest BCUT2D eigenvalue weighted by molar-refractivity contribution is 5.93. The lowest BCUT2D eigenvalue weighted by Crippen LogP contribution is -2.43. The number of amides is 1. The van der Waals surface area contributed by atoms with E-state index < -0.39 is 18.0 Å². The van der Waals surface area contributed by atoms with E-state index in [4.69, 9.17) is 4.74 Å². The van der Waals surface area contributed by atoms with Gasteiger partial charge in [0.2, 0.25) is 5.91 Å². The predicted molar refractivity (Wildman–Crippen MR) is 168 cm³/mol. The lowest BCUT2D eigenvalue weighted by atomic mass is 10.0. The van der Waals surface area contributed by atoms with Gasteiger partial charge in [-0.25, -0.2) is 9.59 Å². The van der Waals surface area contributed by atoms with Crippen LogP contribution in [0.2, 0.25) is 0 Å². The van der Waals surface area contributed by atoms with Gasteiger partial charge in [0.15, 0.2) is 0 Å². The molecule has 0 aliphatic heterocycles. The summed E-state index contributed by atoms with van der Waals surface area (Å²) in [6.07, 6.45) is 32.5. The molecule has 1 aromatic rings. The van der Waals surface area contributed by atoms with E-state index in [0.29, 0.717) is 12.8 Å². The quantitative estimate of drug-likeness (QED) is 0.0949. The highest BCUT2D eigenvalue weighted by atomic mass is 16.5. The minimum absolute atomic E-state index is 0.0361. The minimum atomic E-state index is -1.19. The van der Waals surface area contributed by atoms with E-state index >= 15 is 0 Å². The van der Waals surface area contributed by atoms with Crippen LogP contribution in [0.25, 0.3) is 0 Å². The van der Waals surface area contributed by atoms with Crippen molar-refractivity contribution in [3.05, 3.63) is 103 Å². The first kappa shape index (κ1) is 35.1. The molecule has 41 heavy (non-hydrogen) atoms. The maximum Gasteiger partial charge on any atom is 0.339 e. The van der Waals surface area contributed by atoms with Gasteiger partial charge < -0.3 is 15.2 Å². The molecule has 1 amide bonds. The summed E-state index contributed by atoms with van der Waals surface area (Å²) in [5.74, 6) is -2.01. The van der Waals surface area contributed by atoms with Crippen molar-refractivity contribution < 1.29 is 24.2 Å². The van der Waals surface area contributed by atoms with Gasteiger partial charge in [-0.15, -0.1) is 0 Å². The van der Waals surface area contributed by atoms with Gasteiger partial charge in [-0.3, -0.25) is 4.79 Å². The van der Waals surface area contributed by atoms with Gasteiger partial charge in [0.1, 0.15) is 17.4 Å². The van der Waals surface area contributed by atoms with Crippen LogP contribution >= 0.6 is 0 Å². The van der Waals surface area contributed by atoms with Crippen LogP contribution in [-0.2, 0) is 9.59 Å². The number of carbonyl (C=O) groups excluding carboxylic acids is 2. The van der Waals surface area contributed by atoms with Crippen LogP contribution in [-0.4, -0.2) is 29.0 Å². The number of benzene rings is 1. The zero-order valence-corrected chi connectivity index (χ0v) is 24.8. The Morgan fingerprint density at radius 3 is 1.76 bits per heavy atom. The molecule has 222 valence electrons. The van der Waals surface area contributed by atoms with Crippen molar-refractivity contribution in [1.82, 2.24) is 5.32 Å². The zero-order valence-electron chi connectivity index (χ0n) is 24.8. The summed E-state index contributed by atoms with van der Waals surface area (Å²) in [4.78, 5) is 36.6. The van der Waals surface area contributed by atoms with Crippen LogP contribution in [0.1, 0.15) is 88.9 Å². The smallest absolute Gasteiger partial charge is 0.339 e. The average Bonchev–Trinajstić information content (AvgIpc) is 2.93. The van der Waals surface area contributed by atoms with E-state index in [2.05, 4.69) is 73.0 Å². The van der Waals surface area contributed by atoms with Gasteiger partial charge in [0, 0.05) is 6.42 Å². The summed E-state index contributed by atoms with van der Waals surface area (Å²) in [7, 11) is 0. The van der Waals surface area contributed by atoms with Gasteiger partial charge in [0.25, 0.3) is 0 Å². The molecule has 0 fully saturated rings. The third kappa shape index (κ3) is 18.1. The molecule has 0 aromatic heterocycles. The first-order chi connectivity index (χ1) is 19.8. The number of aromatic carboxylic acids is 1. The van der Waals surface area contributed by atoms with E-state index in [1.54, 1.807) is 12.1 Å². The number of hydrogen-bond donors (Lipinski definition) is 2. The first-order valence-corrected chi connectivity index (χ1v) is 14.6. The molecular formula is C35H47NO5. The Morgan fingerprint density at radius 2 is 1.27 bits per heavy atom. The first-order valence-electron chi connectivity index (χ1n) is 14.6. The summed E-state index contributed by atoms with van der Waals surface area (Å²) in [6, 6.07) is 5.10. The number of nitrogens with one attached hydrogen (secondary N) is 1. The van der Waals surface area contributed by atoms with Crippen LogP contribution in [0.5, 0.6) is 5.75 Å². The second-order valence-electron chi connectivity index (χ2n) is 9.93. The molecule has 0 saturated carbocycles. The lowest BCUT2D eigenvalue weighted by molar-refractivity contribution is -0.139. The Labute approximate surface area is 246 Å². The van der Waals surface area contributed by atoms with Crippen LogP contribution < -0.4 is 10.1 Å². The number of para-hydroxylation sites is 1. The molecule has 1 rings (SSSR count). The summed E-state index contributed by atoms with van der Waals surface area (Å²) in [5, 5.41) is 12.1. The molecule has 1 atom stereocenters. The number of carboxylic acid groups (broad SMARTS) is 1. The summed E-state index contributed by atoms with van der Waals surface area (Å²) in [5.41, 5.74) is -0.104. The second kappa shape index (κ2) is 22.8. The van der Waals surface area contributed by atoms with Crippen molar-refractivity contribution >= 4 is 17.8 Å². The van der Waals surface area contributed by atoms with Crippen molar-refractivity contribution in [2.75, 3.05) is 0 Å². The minimum Gasteiger partial charge on any atom is -0.478 e. The topological polar surface area (TPSA) is 92.7 Å². The molecule has 1 unspecified atom stereocenters.